The lowest BCUT2D eigenvalue weighted by molar-refractivity contribution is 0.0942. The van der Waals surface area contributed by atoms with Crippen LogP contribution < -0.4 is 10.6 Å². The van der Waals surface area contributed by atoms with Crippen molar-refractivity contribution in [2.45, 2.75) is 45.1 Å². The number of aromatic nitrogens is 2. The summed E-state index contributed by atoms with van der Waals surface area (Å²) >= 11 is 0. The summed E-state index contributed by atoms with van der Waals surface area (Å²) < 4.78 is 5.07. The molecule has 2 rings (SSSR count). The summed E-state index contributed by atoms with van der Waals surface area (Å²) in [4.78, 5) is 15.6. The second-order valence-corrected chi connectivity index (χ2v) is 4.56. The molecule has 1 atom stereocenters. The number of hydrogen-bond acceptors (Lipinski definition) is 5. The van der Waals surface area contributed by atoms with E-state index in [1.165, 1.54) is 19.3 Å². The van der Waals surface area contributed by atoms with E-state index in [0.717, 1.165) is 19.4 Å². The van der Waals surface area contributed by atoms with Crippen LogP contribution in [0.2, 0.25) is 0 Å². The second kappa shape index (κ2) is 6.49. The number of nitrogens with zero attached hydrogens (tertiary/aromatic N) is 2. The van der Waals surface area contributed by atoms with Crippen LogP contribution in [-0.2, 0) is 6.42 Å². The molecule has 0 bridgehead atoms. The van der Waals surface area contributed by atoms with E-state index in [0.29, 0.717) is 18.5 Å². The Hall–Kier alpha value is -1.43. The van der Waals surface area contributed by atoms with Crippen LogP contribution >= 0.6 is 0 Å². The fourth-order valence-corrected chi connectivity index (χ4v) is 2.16. The molecule has 1 aliphatic heterocycles. The molecule has 2 heterocycles. The summed E-state index contributed by atoms with van der Waals surface area (Å²) in [7, 11) is 0. The van der Waals surface area contributed by atoms with Crippen molar-refractivity contribution in [3.8, 4) is 0 Å². The molecular formula is C12H20N4O2. The van der Waals surface area contributed by atoms with Gasteiger partial charge in [0.05, 0.1) is 0 Å². The number of piperidine rings is 1. The van der Waals surface area contributed by atoms with Crippen molar-refractivity contribution < 1.29 is 9.32 Å². The molecule has 1 fully saturated rings. The van der Waals surface area contributed by atoms with Gasteiger partial charge in [-0.3, -0.25) is 4.79 Å². The average molecular weight is 252 g/mol. The Bertz CT molecular complexity index is 385. The van der Waals surface area contributed by atoms with Crippen LogP contribution in [0.4, 0.5) is 0 Å². The maximum Gasteiger partial charge on any atom is 0.292 e. The Kier molecular flexibility index (Phi) is 4.69. The van der Waals surface area contributed by atoms with Gasteiger partial charge in [-0.1, -0.05) is 11.6 Å². The minimum atomic E-state index is -0.275. The van der Waals surface area contributed by atoms with Crippen molar-refractivity contribution in [2.75, 3.05) is 13.1 Å². The van der Waals surface area contributed by atoms with Gasteiger partial charge in [0.25, 0.3) is 11.7 Å². The molecule has 6 nitrogen and oxygen atoms in total. The van der Waals surface area contributed by atoms with E-state index in [4.69, 9.17) is 4.52 Å². The Morgan fingerprint density at radius 1 is 1.56 bits per heavy atom. The highest BCUT2D eigenvalue weighted by atomic mass is 16.5. The molecule has 1 amide bonds. The van der Waals surface area contributed by atoms with Gasteiger partial charge in [-0.25, -0.2) is 0 Å². The minimum Gasteiger partial charge on any atom is -0.349 e. The molecule has 0 aromatic carbocycles. The summed E-state index contributed by atoms with van der Waals surface area (Å²) in [5.41, 5.74) is 0. The first kappa shape index (κ1) is 13.0. The lowest BCUT2D eigenvalue weighted by Crippen LogP contribution is -2.34. The van der Waals surface area contributed by atoms with Crippen LogP contribution in [0.5, 0.6) is 0 Å². The molecule has 1 unspecified atom stereocenters. The van der Waals surface area contributed by atoms with Crippen molar-refractivity contribution in [3.63, 3.8) is 0 Å². The monoisotopic (exact) mass is 252 g/mol. The molecule has 18 heavy (non-hydrogen) atoms. The van der Waals surface area contributed by atoms with Crippen LogP contribution in [-0.4, -0.2) is 35.2 Å². The first-order valence-electron chi connectivity index (χ1n) is 6.63. The topological polar surface area (TPSA) is 80.0 Å². The van der Waals surface area contributed by atoms with Crippen LogP contribution in [0.15, 0.2) is 4.52 Å². The predicted octanol–water partition coefficient (Wildman–Crippen LogP) is 0.894. The molecule has 2 N–H and O–H groups in total. The van der Waals surface area contributed by atoms with Crippen LogP contribution in [0.1, 0.15) is 49.1 Å². The summed E-state index contributed by atoms with van der Waals surface area (Å²) in [6, 6.07) is 0.540. The predicted molar refractivity (Wildman–Crippen MR) is 66.3 cm³/mol. The molecule has 0 spiro atoms. The number of nitrogens with one attached hydrogen (secondary N) is 2. The van der Waals surface area contributed by atoms with Gasteiger partial charge in [-0.2, -0.15) is 4.98 Å². The van der Waals surface area contributed by atoms with Crippen molar-refractivity contribution in [3.05, 3.63) is 11.7 Å². The standard InChI is InChI=1S/C12H20N4O2/c1-2-13-12(17)11-15-10(18-16-11)7-6-9-5-3-4-8-14-9/h9,14H,2-8H2,1H3,(H,13,17). The van der Waals surface area contributed by atoms with Crippen LogP contribution in [0.3, 0.4) is 0 Å². The lowest BCUT2D eigenvalue weighted by atomic mass is 10.0. The molecule has 0 aliphatic carbocycles. The number of aryl methyl sites for hydroxylation is 1. The fourth-order valence-electron chi connectivity index (χ4n) is 2.16. The number of carbonyl (C=O) groups excluding carboxylic acids is 1. The van der Waals surface area contributed by atoms with E-state index >= 15 is 0 Å². The van der Waals surface area contributed by atoms with Crippen LogP contribution in [0.25, 0.3) is 0 Å². The summed E-state index contributed by atoms with van der Waals surface area (Å²) in [5, 5.41) is 9.79. The van der Waals surface area contributed by atoms with Gasteiger partial charge in [0.1, 0.15) is 0 Å². The summed E-state index contributed by atoms with van der Waals surface area (Å²) in [6.07, 6.45) is 5.46. The van der Waals surface area contributed by atoms with E-state index in [9.17, 15) is 4.79 Å². The van der Waals surface area contributed by atoms with E-state index in [2.05, 4.69) is 20.8 Å². The van der Waals surface area contributed by atoms with Crippen molar-refractivity contribution in [1.82, 2.24) is 20.8 Å². The quantitative estimate of drug-likeness (QED) is 0.813. The summed E-state index contributed by atoms with van der Waals surface area (Å²) in [6.45, 7) is 3.51. The Labute approximate surface area is 107 Å². The first-order chi connectivity index (χ1) is 8.79. The lowest BCUT2D eigenvalue weighted by Gasteiger charge is -2.22. The zero-order chi connectivity index (χ0) is 12.8. The zero-order valence-corrected chi connectivity index (χ0v) is 10.7. The third-order valence-electron chi connectivity index (χ3n) is 3.13. The molecule has 0 saturated carbocycles. The van der Waals surface area contributed by atoms with Gasteiger partial charge < -0.3 is 15.2 Å². The SMILES string of the molecule is CCNC(=O)c1noc(CCC2CCCCN2)n1. The first-order valence-corrected chi connectivity index (χ1v) is 6.63. The zero-order valence-electron chi connectivity index (χ0n) is 10.7. The van der Waals surface area contributed by atoms with Gasteiger partial charge >= 0.3 is 0 Å². The van der Waals surface area contributed by atoms with Crippen LogP contribution in [0, 0.1) is 0 Å². The van der Waals surface area contributed by atoms with Gasteiger partial charge in [0, 0.05) is 19.0 Å². The Morgan fingerprint density at radius 3 is 3.17 bits per heavy atom. The minimum absolute atomic E-state index is 0.128. The molecule has 1 aromatic rings. The largest absolute Gasteiger partial charge is 0.349 e. The fraction of sp³-hybridized carbons (Fsp3) is 0.750. The number of amides is 1. The molecule has 0 radical (unpaired) electrons. The normalized spacial score (nSPS) is 19.7. The van der Waals surface area contributed by atoms with E-state index in [1.807, 2.05) is 6.92 Å². The maximum absolute atomic E-state index is 11.5. The molecule has 1 saturated heterocycles. The Balaban J connectivity index is 1.80. The third kappa shape index (κ3) is 3.53. The molecule has 1 aromatic heterocycles. The van der Waals surface area contributed by atoms with Gasteiger partial charge in [0.15, 0.2) is 0 Å². The number of hydrogen-bond donors (Lipinski definition) is 2. The number of rotatable bonds is 5. The van der Waals surface area contributed by atoms with Crippen molar-refractivity contribution >= 4 is 5.91 Å². The van der Waals surface area contributed by atoms with Crippen molar-refractivity contribution in [2.24, 2.45) is 0 Å². The van der Waals surface area contributed by atoms with E-state index < -0.39 is 0 Å². The number of carbonyl (C=O) groups is 1. The van der Waals surface area contributed by atoms with Gasteiger partial charge in [0.2, 0.25) is 5.89 Å². The smallest absolute Gasteiger partial charge is 0.292 e. The van der Waals surface area contributed by atoms with Gasteiger partial charge in [-0.15, -0.1) is 0 Å². The molecule has 100 valence electrons. The average Bonchev–Trinajstić information content (AvgIpc) is 2.87. The summed E-state index contributed by atoms with van der Waals surface area (Å²) in [5.74, 6) is 0.398. The molecule has 1 aliphatic rings. The van der Waals surface area contributed by atoms with E-state index in [1.54, 1.807) is 0 Å². The maximum atomic E-state index is 11.5. The third-order valence-corrected chi connectivity index (χ3v) is 3.13. The highest BCUT2D eigenvalue weighted by molar-refractivity contribution is 5.90. The van der Waals surface area contributed by atoms with E-state index in [-0.39, 0.29) is 11.7 Å². The van der Waals surface area contributed by atoms with Crippen molar-refractivity contribution in [1.29, 1.82) is 0 Å². The molecule has 6 heteroatoms. The highest BCUT2D eigenvalue weighted by Gasteiger charge is 2.16. The van der Waals surface area contributed by atoms with Gasteiger partial charge in [-0.05, 0) is 32.7 Å². The second-order valence-electron chi connectivity index (χ2n) is 4.56. The molecular weight excluding hydrogens is 232 g/mol. The Morgan fingerprint density at radius 2 is 2.44 bits per heavy atom. The highest BCUT2D eigenvalue weighted by Crippen LogP contribution is 2.12.